The topological polar surface area (TPSA) is 61.9 Å². The van der Waals surface area contributed by atoms with Gasteiger partial charge in [-0.1, -0.05) is 0 Å². The second-order valence-corrected chi connectivity index (χ2v) is 5.23. The number of esters is 1. The second kappa shape index (κ2) is 6.75. The molecule has 2 aliphatic rings. The summed E-state index contributed by atoms with van der Waals surface area (Å²) in [4.78, 5) is 27.1. The minimum Gasteiger partial charge on any atom is -0.469 e. The number of ether oxygens (including phenoxy) is 1. The Balaban J connectivity index is 1.63. The maximum absolute atomic E-state index is 11.9. The molecule has 0 radical (unpaired) electrons. The van der Waals surface area contributed by atoms with Crippen molar-refractivity contribution in [1.29, 1.82) is 0 Å². The first-order valence-corrected chi connectivity index (χ1v) is 7.03. The SMILES string of the molecule is COC(=O)CCN1CCN(C(=O)NC2CCC2)CC1. The number of piperazine rings is 1. The van der Waals surface area contributed by atoms with Gasteiger partial charge in [0.05, 0.1) is 13.5 Å². The zero-order valence-corrected chi connectivity index (χ0v) is 11.6. The normalized spacial score (nSPS) is 20.8. The van der Waals surface area contributed by atoms with E-state index in [0.717, 1.165) is 39.0 Å². The Labute approximate surface area is 114 Å². The number of nitrogens with one attached hydrogen (secondary N) is 1. The van der Waals surface area contributed by atoms with Crippen molar-refractivity contribution in [2.24, 2.45) is 0 Å². The molecular weight excluding hydrogens is 246 g/mol. The molecule has 1 aliphatic heterocycles. The van der Waals surface area contributed by atoms with Crippen LogP contribution in [-0.4, -0.2) is 67.7 Å². The lowest BCUT2D eigenvalue weighted by Gasteiger charge is -2.36. The Hall–Kier alpha value is -1.30. The number of rotatable bonds is 4. The van der Waals surface area contributed by atoms with Crippen LogP contribution in [0.5, 0.6) is 0 Å². The highest BCUT2D eigenvalue weighted by Crippen LogP contribution is 2.18. The second-order valence-electron chi connectivity index (χ2n) is 5.23. The van der Waals surface area contributed by atoms with Crippen LogP contribution in [0, 0.1) is 0 Å². The van der Waals surface area contributed by atoms with Gasteiger partial charge in [0.15, 0.2) is 0 Å². The van der Waals surface area contributed by atoms with Crippen LogP contribution in [0.3, 0.4) is 0 Å². The highest BCUT2D eigenvalue weighted by Gasteiger charge is 2.25. The van der Waals surface area contributed by atoms with Crippen molar-refractivity contribution in [3.8, 4) is 0 Å². The molecule has 6 nitrogen and oxygen atoms in total. The molecule has 0 aromatic heterocycles. The maximum Gasteiger partial charge on any atom is 0.317 e. The third-order valence-corrected chi connectivity index (χ3v) is 3.95. The van der Waals surface area contributed by atoms with Crippen molar-refractivity contribution in [3.05, 3.63) is 0 Å². The summed E-state index contributed by atoms with van der Waals surface area (Å²) < 4.78 is 4.62. The van der Waals surface area contributed by atoms with Crippen LogP contribution in [0.2, 0.25) is 0 Å². The molecule has 2 rings (SSSR count). The quantitative estimate of drug-likeness (QED) is 0.752. The van der Waals surface area contributed by atoms with E-state index in [4.69, 9.17) is 0 Å². The van der Waals surface area contributed by atoms with E-state index in [1.807, 2.05) is 4.90 Å². The molecule has 2 amide bonds. The molecule has 0 unspecified atom stereocenters. The molecule has 19 heavy (non-hydrogen) atoms. The predicted molar refractivity (Wildman–Crippen MR) is 70.8 cm³/mol. The van der Waals surface area contributed by atoms with Gasteiger partial charge in [0.2, 0.25) is 0 Å². The van der Waals surface area contributed by atoms with Gasteiger partial charge in [-0.15, -0.1) is 0 Å². The Morgan fingerprint density at radius 3 is 2.42 bits per heavy atom. The summed E-state index contributed by atoms with van der Waals surface area (Å²) in [6.07, 6.45) is 3.88. The number of hydrogen-bond acceptors (Lipinski definition) is 4. The molecule has 108 valence electrons. The van der Waals surface area contributed by atoms with Crippen molar-refractivity contribution in [2.45, 2.75) is 31.7 Å². The van der Waals surface area contributed by atoms with E-state index < -0.39 is 0 Å². The molecular formula is C13H23N3O3. The summed E-state index contributed by atoms with van der Waals surface area (Å²) in [6, 6.07) is 0.460. The number of methoxy groups -OCH3 is 1. The van der Waals surface area contributed by atoms with Gasteiger partial charge < -0.3 is 15.0 Å². The number of carbonyl (C=O) groups excluding carboxylic acids is 2. The van der Waals surface area contributed by atoms with Gasteiger partial charge in [-0.05, 0) is 19.3 Å². The fraction of sp³-hybridized carbons (Fsp3) is 0.846. The molecule has 0 atom stereocenters. The zero-order valence-electron chi connectivity index (χ0n) is 11.6. The fourth-order valence-electron chi connectivity index (χ4n) is 2.34. The Bertz CT molecular complexity index is 323. The molecule has 1 heterocycles. The van der Waals surface area contributed by atoms with Crippen LogP contribution in [0.1, 0.15) is 25.7 Å². The van der Waals surface area contributed by atoms with Crippen LogP contribution in [-0.2, 0) is 9.53 Å². The number of nitrogens with zero attached hydrogens (tertiary/aromatic N) is 2. The first kappa shape index (κ1) is 14.1. The van der Waals surface area contributed by atoms with Crippen LogP contribution in [0.25, 0.3) is 0 Å². The first-order valence-electron chi connectivity index (χ1n) is 7.03. The maximum atomic E-state index is 11.9. The summed E-state index contributed by atoms with van der Waals surface area (Å²) in [5.74, 6) is -0.176. The van der Waals surface area contributed by atoms with Gasteiger partial charge in [0, 0.05) is 38.8 Å². The molecule has 1 saturated carbocycles. The third kappa shape index (κ3) is 4.09. The van der Waals surface area contributed by atoms with Gasteiger partial charge in [-0.3, -0.25) is 9.69 Å². The van der Waals surface area contributed by atoms with E-state index in [1.54, 1.807) is 0 Å². The zero-order chi connectivity index (χ0) is 13.7. The van der Waals surface area contributed by atoms with Crippen LogP contribution < -0.4 is 5.32 Å². The monoisotopic (exact) mass is 269 g/mol. The third-order valence-electron chi connectivity index (χ3n) is 3.95. The van der Waals surface area contributed by atoms with Crippen molar-refractivity contribution in [1.82, 2.24) is 15.1 Å². The summed E-state index contributed by atoms with van der Waals surface area (Å²) in [5, 5.41) is 3.05. The summed E-state index contributed by atoms with van der Waals surface area (Å²) >= 11 is 0. The van der Waals surface area contributed by atoms with Gasteiger partial charge in [0.25, 0.3) is 0 Å². The lowest BCUT2D eigenvalue weighted by Crippen LogP contribution is -2.54. The summed E-state index contributed by atoms with van der Waals surface area (Å²) in [6.45, 7) is 3.84. The average Bonchev–Trinajstić information content (AvgIpc) is 2.40. The summed E-state index contributed by atoms with van der Waals surface area (Å²) in [7, 11) is 1.41. The van der Waals surface area contributed by atoms with Gasteiger partial charge in [-0.2, -0.15) is 0 Å². The average molecular weight is 269 g/mol. The van der Waals surface area contributed by atoms with E-state index in [-0.39, 0.29) is 12.0 Å². The number of hydrogen-bond donors (Lipinski definition) is 1. The van der Waals surface area contributed by atoms with Crippen LogP contribution >= 0.6 is 0 Å². The number of amides is 2. The minimum absolute atomic E-state index is 0.0670. The van der Waals surface area contributed by atoms with Crippen LogP contribution in [0.4, 0.5) is 4.79 Å². The van der Waals surface area contributed by atoms with Gasteiger partial charge >= 0.3 is 12.0 Å². The Morgan fingerprint density at radius 2 is 1.89 bits per heavy atom. The van der Waals surface area contributed by atoms with E-state index in [2.05, 4.69) is 15.0 Å². The number of urea groups is 1. The smallest absolute Gasteiger partial charge is 0.317 e. The van der Waals surface area contributed by atoms with E-state index in [9.17, 15) is 9.59 Å². The molecule has 0 aromatic carbocycles. The molecule has 1 N–H and O–H groups in total. The largest absolute Gasteiger partial charge is 0.469 e. The molecule has 0 spiro atoms. The Kier molecular flexibility index (Phi) is 5.01. The van der Waals surface area contributed by atoms with Gasteiger partial charge in [-0.25, -0.2) is 4.79 Å². The van der Waals surface area contributed by atoms with Crippen LogP contribution in [0.15, 0.2) is 0 Å². The molecule has 2 fully saturated rings. The predicted octanol–water partition coefficient (Wildman–Crippen LogP) is 0.429. The molecule has 0 bridgehead atoms. The standard InChI is InChI=1S/C13H23N3O3/c1-19-12(17)5-6-15-7-9-16(10-8-15)13(18)14-11-3-2-4-11/h11H,2-10H2,1H3,(H,14,18). The van der Waals surface area contributed by atoms with Gasteiger partial charge in [0.1, 0.15) is 0 Å². The molecule has 0 aromatic rings. The summed E-state index contributed by atoms with van der Waals surface area (Å²) in [5.41, 5.74) is 0. The lowest BCUT2D eigenvalue weighted by molar-refractivity contribution is -0.141. The fourth-order valence-corrected chi connectivity index (χ4v) is 2.34. The highest BCUT2D eigenvalue weighted by atomic mass is 16.5. The molecule has 6 heteroatoms. The van der Waals surface area contributed by atoms with E-state index in [0.29, 0.717) is 19.0 Å². The van der Waals surface area contributed by atoms with E-state index >= 15 is 0 Å². The minimum atomic E-state index is -0.176. The first-order chi connectivity index (χ1) is 9.19. The van der Waals surface area contributed by atoms with Crippen molar-refractivity contribution >= 4 is 12.0 Å². The van der Waals surface area contributed by atoms with Crippen molar-refractivity contribution < 1.29 is 14.3 Å². The molecule has 1 saturated heterocycles. The van der Waals surface area contributed by atoms with Crippen molar-refractivity contribution in [2.75, 3.05) is 39.8 Å². The lowest BCUT2D eigenvalue weighted by atomic mass is 9.93. The van der Waals surface area contributed by atoms with Crippen molar-refractivity contribution in [3.63, 3.8) is 0 Å². The number of carbonyl (C=O) groups is 2. The van der Waals surface area contributed by atoms with E-state index in [1.165, 1.54) is 13.5 Å². The highest BCUT2D eigenvalue weighted by molar-refractivity contribution is 5.74. The Morgan fingerprint density at radius 1 is 1.21 bits per heavy atom. The molecule has 1 aliphatic carbocycles.